The Balaban J connectivity index is 1.39. The molecule has 5 rings (SSSR count). The summed E-state index contributed by atoms with van der Waals surface area (Å²) in [5, 5.41) is 4.82. The third kappa shape index (κ3) is 4.01. The number of carbonyl (C=O) groups excluding carboxylic acids is 1. The van der Waals surface area contributed by atoms with Crippen molar-refractivity contribution in [1.29, 1.82) is 0 Å². The molecule has 3 heterocycles. The number of sulfonamides is 1. The van der Waals surface area contributed by atoms with Gasteiger partial charge in [-0.1, -0.05) is 18.2 Å². The van der Waals surface area contributed by atoms with Crippen LogP contribution in [0, 0.1) is 12.8 Å². The maximum atomic E-state index is 13.1. The van der Waals surface area contributed by atoms with Crippen LogP contribution in [0.2, 0.25) is 0 Å². The summed E-state index contributed by atoms with van der Waals surface area (Å²) in [6.07, 6.45) is 1.25. The van der Waals surface area contributed by atoms with Gasteiger partial charge in [0.1, 0.15) is 21.1 Å². The van der Waals surface area contributed by atoms with E-state index >= 15 is 0 Å². The number of ether oxygens (including phenoxy) is 1. The summed E-state index contributed by atoms with van der Waals surface area (Å²) >= 11 is 1.25. The van der Waals surface area contributed by atoms with Gasteiger partial charge in [0.2, 0.25) is 5.91 Å². The first-order valence-corrected chi connectivity index (χ1v) is 13.0. The number of carbonyl (C=O) groups is 1. The van der Waals surface area contributed by atoms with Crippen LogP contribution in [0.15, 0.2) is 57.2 Å². The average Bonchev–Trinajstić information content (AvgIpc) is 3.42. The van der Waals surface area contributed by atoms with E-state index < -0.39 is 15.9 Å². The van der Waals surface area contributed by atoms with Crippen LogP contribution in [-0.2, 0) is 14.8 Å². The van der Waals surface area contributed by atoms with E-state index in [0.717, 1.165) is 21.2 Å². The second kappa shape index (κ2) is 8.48. The summed E-state index contributed by atoms with van der Waals surface area (Å²) in [7, 11) is -2.05. The van der Waals surface area contributed by atoms with Crippen LogP contribution in [0.3, 0.4) is 0 Å². The number of hydrogen-bond acceptors (Lipinski definition) is 6. The minimum Gasteiger partial charge on any atom is -0.495 e. The summed E-state index contributed by atoms with van der Waals surface area (Å²) in [6, 6.07) is 14.8. The molecule has 2 aromatic carbocycles. The Morgan fingerprint density at radius 1 is 1.15 bits per heavy atom. The van der Waals surface area contributed by atoms with Gasteiger partial charge in [-0.3, -0.25) is 4.79 Å². The normalized spacial score (nSPS) is 17.5. The molecular weight excluding hydrogens is 460 g/mol. The van der Waals surface area contributed by atoms with E-state index in [4.69, 9.17) is 9.15 Å². The number of nitrogens with zero attached hydrogens (tertiary/aromatic N) is 1. The van der Waals surface area contributed by atoms with Gasteiger partial charge < -0.3 is 14.5 Å². The van der Waals surface area contributed by atoms with Gasteiger partial charge in [0, 0.05) is 34.8 Å². The number of methoxy groups -OCH3 is 1. The predicted octanol–water partition coefficient (Wildman–Crippen LogP) is 5.00. The summed E-state index contributed by atoms with van der Waals surface area (Å²) < 4.78 is 39.3. The number of fused-ring (bicyclic) bond motifs is 3. The molecule has 1 fully saturated rings. The first kappa shape index (κ1) is 21.9. The molecule has 9 heteroatoms. The van der Waals surface area contributed by atoms with Crippen LogP contribution >= 0.6 is 11.3 Å². The van der Waals surface area contributed by atoms with Crippen molar-refractivity contribution in [2.75, 3.05) is 25.5 Å². The highest BCUT2D eigenvalue weighted by Crippen LogP contribution is 2.37. The molecule has 33 heavy (non-hydrogen) atoms. The summed E-state index contributed by atoms with van der Waals surface area (Å²) in [5.41, 5.74) is 1.91. The number of aryl methyl sites for hydroxylation is 1. The van der Waals surface area contributed by atoms with E-state index in [1.165, 1.54) is 15.6 Å². The number of furan rings is 1. The van der Waals surface area contributed by atoms with E-state index in [1.54, 1.807) is 25.3 Å². The maximum Gasteiger partial charge on any atom is 0.252 e. The number of hydrogen-bond donors (Lipinski definition) is 1. The Labute approximate surface area is 196 Å². The number of thiophene rings is 1. The molecule has 1 aliphatic heterocycles. The first-order valence-electron chi connectivity index (χ1n) is 10.7. The zero-order chi connectivity index (χ0) is 23.2. The van der Waals surface area contributed by atoms with E-state index in [1.807, 2.05) is 37.3 Å². The molecule has 0 spiro atoms. The Bertz CT molecular complexity index is 1450. The largest absolute Gasteiger partial charge is 0.495 e. The number of benzene rings is 2. The van der Waals surface area contributed by atoms with Gasteiger partial charge in [-0.25, -0.2) is 8.42 Å². The van der Waals surface area contributed by atoms with Crippen molar-refractivity contribution in [3.63, 3.8) is 0 Å². The lowest BCUT2D eigenvalue weighted by atomic mass is 9.98. The van der Waals surface area contributed by atoms with Crippen molar-refractivity contribution in [3.05, 3.63) is 53.4 Å². The third-order valence-electron chi connectivity index (χ3n) is 6.02. The number of anilines is 1. The van der Waals surface area contributed by atoms with Crippen LogP contribution in [-0.4, -0.2) is 38.8 Å². The monoisotopic (exact) mass is 484 g/mol. The van der Waals surface area contributed by atoms with Gasteiger partial charge in [0.05, 0.1) is 18.7 Å². The van der Waals surface area contributed by atoms with E-state index in [2.05, 4.69) is 5.32 Å². The molecule has 1 aliphatic rings. The molecule has 1 atom stereocenters. The minimum absolute atomic E-state index is 0.153. The van der Waals surface area contributed by atoms with Crippen LogP contribution < -0.4 is 10.1 Å². The molecule has 0 bridgehead atoms. The molecule has 1 N–H and O–H groups in total. The van der Waals surface area contributed by atoms with Crippen molar-refractivity contribution in [2.24, 2.45) is 5.92 Å². The lowest BCUT2D eigenvalue weighted by Crippen LogP contribution is -2.43. The molecule has 0 radical (unpaired) electrons. The van der Waals surface area contributed by atoms with Crippen molar-refractivity contribution in [3.8, 4) is 5.75 Å². The maximum absolute atomic E-state index is 13.1. The van der Waals surface area contributed by atoms with E-state index in [0.29, 0.717) is 40.6 Å². The molecule has 4 aromatic rings. The highest BCUT2D eigenvalue weighted by atomic mass is 32.2. The Hall–Kier alpha value is -2.88. The van der Waals surface area contributed by atoms with Crippen molar-refractivity contribution in [2.45, 2.75) is 24.0 Å². The Morgan fingerprint density at radius 3 is 2.73 bits per heavy atom. The Morgan fingerprint density at radius 2 is 1.97 bits per heavy atom. The van der Waals surface area contributed by atoms with Crippen LogP contribution in [0.5, 0.6) is 5.75 Å². The van der Waals surface area contributed by atoms with Crippen LogP contribution in [0.1, 0.15) is 17.7 Å². The van der Waals surface area contributed by atoms with Gasteiger partial charge in [-0.2, -0.15) is 4.31 Å². The number of nitrogens with one attached hydrogen (secondary N) is 1. The fraction of sp³-hybridized carbons (Fsp3) is 0.292. The SMILES string of the molecule is COc1cc2c(cc1NC(=O)C1CCCN(S(=O)(=O)c3ccc(C)s3)C1)oc1ccccc12. The second-order valence-corrected chi connectivity index (χ2v) is 11.7. The summed E-state index contributed by atoms with van der Waals surface area (Å²) in [5.74, 6) is -0.159. The molecule has 1 saturated heterocycles. The smallest absolute Gasteiger partial charge is 0.252 e. The van der Waals surface area contributed by atoms with Gasteiger partial charge in [0.25, 0.3) is 10.0 Å². The molecule has 2 aromatic heterocycles. The van der Waals surface area contributed by atoms with Gasteiger partial charge in [-0.05, 0) is 44.0 Å². The van der Waals surface area contributed by atoms with Crippen molar-refractivity contribution in [1.82, 2.24) is 4.31 Å². The Kier molecular flexibility index (Phi) is 5.64. The molecule has 0 saturated carbocycles. The highest BCUT2D eigenvalue weighted by molar-refractivity contribution is 7.91. The second-order valence-electron chi connectivity index (χ2n) is 8.20. The average molecular weight is 485 g/mol. The number of rotatable bonds is 5. The highest BCUT2D eigenvalue weighted by Gasteiger charge is 2.34. The van der Waals surface area contributed by atoms with Gasteiger partial charge >= 0.3 is 0 Å². The molecule has 7 nitrogen and oxygen atoms in total. The third-order valence-corrected chi connectivity index (χ3v) is 9.35. The molecule has 1 unspecified atom stereocenters. The first-order chi connectivity index (χ1) is 15.9. The standard InChI is InChI=1S/C24H24N2O5S2/c1-15-9-10-23(32-15)33(28,29)26-11-5-6-16(14-26)24(27)25-19-13-21-18(12-22(19)30-2)17-7-3-4-8-20(17)31-21/h3-4,7-10,12-13,16H,5-6,11,14H2,1-2H3,(H,25,27). The molecule has 1 amide bonds. The van der Waals surface area contributed by atoms with E-state index in [9.17, 15) is 13.2 Å². The fourth-order valence-corrected chi connectivity index (χ4v) is 7.27. The summed E-state index contributed by atoms with van der Waals surface area (Å²) in [4.78, 5) is 14.1. The van der Waals surface area contributed by atoms with Gasteiger partial charge in [-0.15, -0.1) is 11.3 Å². The number of amides is 1. The van der Waals surface area contributed by atoms with Gasteiger partial charge in [0.15, 0.2) is 0 Å². The van der Waals surface area contributed by atoms with E-state index in [-0.39, 0.29) is 12.5 Å². The zero-order valence-corrected chi connectivity index (χ0v) is 20.0. The van der Waals surface area contributed by atoms with Crippen LogP contribution in [0.25, 0.3) is 21.9 Å². The molecule has 172 valence electrons. The lowest BCUT2D eigenvalue weighted by molar-refractivity contribution is -0.120. The molecular formula is C24H24N2O5S2. The predicted molar refractivity (Wildman–Crippen MR) is 129 cm³/mol. The lowest BCUT2D eigenvalue weighted by Gasteiger charge is -2.30. The van der Waals surface area contributed by atoms with Crippen LogP contribution in [0.4, 0.5) is 5.69 Å². The van der Waals surface area contributed by atoms with Crippen molar-refractivity contribution < 1.29 is 22.4 Å². The summed E-state index contributed by atoms with van der Waals surface area (Å²) in [6.45, 7) is 2.44. The number of piperidine rings is 1. The zero-order valence-electron chi connectivity index (χ0n) is 18.3. The molecule has 0 aliphatic carbocycles. The fourth-order valence-electron chi connectivity index (χ4n) is 4.31. The number of para-hydroxylation sites is 1. The van der Waals surface area contributed by atoms with Crippen molar-refractivity contribution >= 4 is 54.9 Å². The topological polar surface area (TPSA) is 88.9 Å². The minimum atomic E-state index is -3.60. The quantitative estimate of drug-likeness (QED) is 0.430.